The molecule has 150 valence electrons. The van der Waals surface area contributed by atoms with Crippen LogP contribution in [0.3, 0.4) is 0 Å². The Balaban J connectivity index is 2.29. The molecular formula is C15H12Cl3N3O6S. The number of phenolic OH excluding ortho intramolecular Hbond substituents is 1. The molecule has 0 fully saturated rings. The molecule has 9 nitrogen and oxygen atoms in total. The number of halogens is 3. The Hall–Kier alpha value is -2.24. The van der Waals surface area contributed by atoms with Crippen LogP contribution in [0.4, 0.5) is 16.2 Å². The monoisotopic (exact) mass is 467 g/mol. The Labute approximate surface area is 174 Å². The van der Waals surface area contributed by atoms with Crippen LogP contribution < -0.4 is 15.4 Å². The lowest BCUT2D eigenvalue weighted by Crippen LogP contribution is -2.30. The van der Waals surface area contributed by atoms with E-state index in [-0.39, 0.29) is 26.4 Å². The number of sulfonamides is 1. The fraction of sp³-hybridized carbons (Fsp3) is 0.0667. The Morgan fingerprint density at radius 1 is 0.964 bits per heavy atom. The van der Waals surface area contributed by atoms with Crippen molar-refractivity contribution in [3.8, 4) is 5.75 Å². The van der Waals surface area contributed by atoms with Crippen molar-refractivity contribution in [3.63, 3.8) is 0 Å². The Morgan fingerprint density at radius 2 is 1.61 bits per heavy atom. The van der Waals surface area contributed by atoms with Gasteiger partial charge >= 0.3 is 12.0 Å². The molecule has 0 saturated heterocycles. The molecule has 5 N–H and O–H groups in total. The van der Waals surface area contributed by atoms with Gasteiger partial charge in [-0.15, -0.1) is 0 Å². The first-order valence-electron chi connectivity index (χ1n) is 7.28. The van der Waals surface area contributed by atoms with E-state index in [2.05, 4.69) is 10.6 Å². The number of carbonyl (C=O) groups is 2. The van der Waals surface area contributed by atoms with E-state index in [9.17, 15) is 23.1 Å². The highest BCUT2D eigenvalue weighted by atomic mass is 35.5. The molecule has 2 aromatic rings. The van der Waals surface area contributed by atoms with E-state index in [1.54, 1.807) is 10.8 Å². The summed E-state index contributed by atoms with van der Waals surface area (Å²) in [6, 6.07) is 5.94. The number of aromatic hydroxyl groups is 1. The van der Waals surface area contributed by atoms with Gasteiger partial charge in [0.2, 0.25) is 10.0 Å². The number of carbonyl (C=O) groups excluding carboxylic acids is 1. The van der Waals surface area contributed by atoms with Crippen LogP contribution in [0.5, 0.6) is 5.75 Å². The molecule has 28 heavy (non-hydrogen) atoms. The minimum Gasteiger partial charge on any atom is -0.504 e. The molecule has 0 radical (unpaired) electrons. The molecule has 0 atom stereocenters. The van der Waals surface area contributed by atoms with E-state index in [4.69, 9.17) is 39.9 Å². The van der Waals surface area contributed by atoms with Crippen molar-refractivity contribution in [1.82, 2.24) is 4.72 Å². The number of carboxylic acid groups (broad SMARTS) is 1. The highest BCUT2D eigenvalue weighted by Crippen LogP contribution is 2.37. The van der Waals surface area contributed by atoms with Crippen LogP contribution in [-0.4, -0.2) is 37.2 Å². The smallest absolute Gasteiger partial charge is 0.323 e. The number of hydrogen-bond donors (Lipinski definition) is 5. The molecule has 2 rings (SSSR count). The van der Waals surface area contributed by atoms with Gasteiger partial charge in [-0.25, -0.2) is 13.2 Å². The summed E-state index contributed by atoms with van der Waals surface area (Å²) in [6.07, 6.45) is 0. The van der Waals surface area contributed by atoms with Crippen LogP contribution in [0.15, 0.2) is 35.2 Å². The average Bonchev–Trinajstić information content (AvgIpc) is 2.60. The van der Waals surface area contributed by atoms with Crippen LogP contribution in [0.2, 0.25) is 15.1 Å². The van der Waals surface area contributed by atoms with Crippen molar-refractivity contribution < 1.29 is 28.2 Å². The van der Waals surface area contributed by atoms with Crippen LogP contribution in [0, 0.1) is 0 Å². The Morgan fingerprint density at radius 3 is 2.25 bits per heavy atom. The van der Waals surface area contributed by atoms with Gasteiger partial charge in [-0.2, -0.15) is 4.72 Å². The van der Waals surface area contributed by atoms with Crippen molar-refractivity contribution in [3.05, 3.63) is 45.4 Å². The van der Waals surface area contributed by atoms with Gasteiger partial charge in [0.05, 0.1) is 26.4 Å². The van der Waals surface area contributed by atoms with Crippen LogP contribution in [0.25, 0.3) is 0 Å². The number of anilines is 2. The first-order chi connectivity index (χ1) is 13.0. The molecule has 0 aromatic heterocycles. The maximum absolute atomic E-state index is 12.2. The second-order valence-electron chi connectivity index (χ2n) is 5.17. The number of urea groups is 1. The van der Waals surface area contributed by atoms with Gasteiger partial charge < -0.3 is 20.8 Å². The van der Waals surface area contributed by atoms with Crippen LogP contribution in [-0.2, 0) is 14.8 Å². The average molecular weight is 469 g/mol. The van der Waals surface area contributed by atoms with Gasteiger partial charge in [-0.05, 0) is 24.3 Å². The Kier molecular flexibility index (Phi) is 6.96. The molecule has 0 spiro atoms. The van der Waals surface area contributed by atoms with E-state index in [1.807, 2.05) is 0 Å². The molecular weight excluding hydrogens is 457 g/mol. The lowest BCUT2D eigenvalue weighted by molar-refractivity contribution is -0.135. The van der Waals surface area contributed by atoms with Crippen molar-refractivity contribution in [1.29, 1.82) is 0 Å². The van der Waals surface area contributed by atoms with Gasteiger partial charge in [0.15, 0.2) is 5.75 Å². The van der Waals surface area contributed by atoms with E-state index >= 15 is 0 Å². The van der Waals surface area contributed by atoms with Gasteiger partial charge in [-0.1, -0.05) is 40.9 Å². The first kappa shape index (κ1) is 22.1. The third-order valence-corrected chi connectivity index (χ3v) is 5.93. The maximum atomic E-state index is 12.2. The third-order valence-electron chi connectivity index (χ3n) is 3.21. The highest BCUT2D eigenvalue weighted by Gasteiger charge is 2.26. The second kappa shape index (κ2) is 8.84. The van der Waals surface area contributed by atoms with Crippen LogP contribution >= 0.6 is 34.8 Å². The minimum atomic E-state index is -4.47. The third kappa shape index (κ3) is 5.18. The normalized spacial score (nSPS) is 11.1. The Bertz CT molecular complexity index is 1050. The van der Waals surface area contributed by atoms with Gasteiger partial charge in [0, 0.05) is 0 Å². The quantitative estimate of drug-likeness (QED) is 0.411. The topological polar surface area (TPSA) is 145 Å². The fourth-order valence-corrected chi connectivity index (χ4v) is 3.96. The number of rotatable bonds is 6. The number of nitrogens with one attached hydrogen (secondary N) is 3. The predicted molar refractivity (Wildman–Crippen MR) is 105 cm³/mol. The fourth-order valence-electron chi connectivity index (χ4n) is 2.01. The summed E-state index contributed by atoms with van der Waals surface area (Å²) in [5, 5.41) is 23.4. The first-order valence-corrected chi connectivity index (χ1v) is 9.89. The highest BCUT2D eigenvalue weighted by molar-refractivity contribution is 7.89. The summed E-state index contributed by atoms with van der Waals surface area (Å²) in [5.74, 6) is -2.32. The second-order valence-corrected chi connectivity index (χ2v) is 8.07. The summed E-state index contributed by atoms with van der Waals surface area (Å²) < 4.78 is 26.2. The molecule has 0 heterocycles. The molecule has 0 bridgehead atoms. The molecule has 0 saturated carbocycles. The zero-order valence-corrected chi connectivity index (χ0v) is 16.7. The number of carboxylic acids is 1. The summed E-state index contributed by atoms with van der Waals surface area (Å²) in [6.45, 7) is -0.927. The van der Waals surface area contributed by atoms with E-state index in [1.165, 1.54) is 12.1 Å². The number of benzene rings is 2. The van der Waals surface area contributed by atoms with Crippen molar-refractivity contribution in [2.75, 3.05) is 17.2 Å². The summed E-state index contributed by atoms with van der Waals surface area (Å²) in [5.41, 5.74) is -0.119. The molecule has 13 heteroatoms. The van der Waals surface area contributed by atoms with E-state index in [0.29, 0.717) is 0 Å². The van der Waals surface area contributed by atoms with Crippen molar-refractivity contribution in [2.24, 2.45) is 0 Å². The summed E-state index contributed by atoms with van der Waals surface area (Å²) >= 11 is 17.6. The predicted octanol–water partition coefficient (Wildman–Crippen LogP) is 3.36. The standard InChI is InChI=1S/C15H12Cl3N3O6S/c16-7-2-1-3-9(12(7)18)20-15(25)21-10-5-4-8(17)14(13(10)24)28(26,27)19-6-11(22)23/h1-5,19,24H,6H2,(H,22,23)(H2,20,21,25). The minimum absolute atomic E-state index is 0.0841. The van der Waals surface area contributed by atoms with Crippen molar-refractivity contribution >= 4 is 68.2 Å². The lowest BCUT2D eigenvalue weighted by Gasteiger charge is -2.14. The SMILES string of the molecule is O=C(O)CNS(=O)(=O)c1c(Cl)ccc(NC(=O)Nc2cccc(Cl)c2Cl)c1O. The van der Waals surface area contributed by atoms with E-state index in [0.717, 1.165) is 12.1 Å². The van der Waals surface area contributed by atoms with Gasteiger partial charge in [-0.3, -0.25) is 4.79 Å². The summed E-state index contributed by atoms with van der Waals surface area (Å²) in [4.78, 5) is 21.9. The zero-order valence-electron chi connectivity index (χ0n) is 13.7. The molecule has 2 amide bonds. The summed E-state index contributed by atoms with van der Waals surface area (Å²) in [7, 11) is -4.47. The van der Waals surface area contributed by atoms with Crippen molar-refractivity contribution in [2.45, 2.75) is 4.90 Å². The zero-order chi connectivity index (χ0) is 21.1. The largest absolute Gasteiger partial charge is 0.504 e. The molecule has 0 aliphatic carbocycles. The molecule has 0 unspecified atom stereocenters. The lowest BCUT2D eigenvalue weighted by atomic mass is 10.3. The van der Waals surface area contributed by atoms with E-state index < -0.39 is 39.2 Å². The maximum Gasteiger partial charge on any atom is 0.323 e. The van der Waals surface area contributed by atoms with Gasteiger partial charge in [0.1, 0.15) is 11.4 Å². The number of amides is 2. The molecule has 0 aliphatic rings. The number of hydrogen-bond acceptors (Lipinski definition) is 5. The molecule has 0 aliphatic heterocycles. The van der Waals surface area contributed by atoms with Gasteiger partial charge in [0.25, 0.3) is 0 Å². The van der Waals surface area contributed by atoms with Crippen LogP contribution in [0.1, 0.15) is 0 Å². The number of phenols is 1. The number of aliphatic carboxylic acids is 1. The molecule has 2 aromatic carbocycles.